The van der Waals surface area contributed by atoms with E-state index in [0.29, 0.717) is 19.8 Å². The van der Waals surface area contributed by atoms with Gasteiger partial charge in [0.25, 0.3) is 0 Å². The molecule has 0 N–H and O–H groups in total. The van der Waals surface area contributed by atoms with Crippen LogP contribution in [0.5, 0.6) is 0 Å². The fourth-order valence-electron chi connectivity index (χ4n) is 2.31. The third kappa shape index (κ3) is 3.46. The number of halogens is 3. The zero-order valence-electron chi connectivity index (χ0n) is 11.9. The Balaban J connectivity index is 2.68. The van der Waals surface area contributed by atoms with Crippen molar-refractivity contribution in [2.45, 2.75) is 9.79 Å². The lowest BCUT2D eigenvalue weighted by atomic mass is 10.4. The number of alkyl halides is 1. The van der Waals surface area contributed by atoms with E-state index in [2.05, 4.69) is 15.9 Å². The molecule has 0 aliphatic heterocycles. The first-order valence-corrected chi connectivity index (χ1v) is 10.9. The van der Waals surface area contributed by atoms with Crippen molar-refractivity contribution >= 4 is 54.0 Å². The van der Waals surface area contributed by atoms with Crippen molar-refractivity contribution < 1.29 is 9.00 Å². The fraction of sp³-hybridized carbons (Fsp3) is 0.188. The molecule has 2 aromatic carbocycles. The van der Waals surface area contributed by atoms with Gasteiger partial charge >= 0.3 is 0 Å². The maximum atomic E-state index is 14.1. The van der Waals surface area contributed by atoms with Gasteiger partial charge in [0.05, 0.1) is 11.1 Å². The van der Waals surface area contributed by atoms with E-state index < -0.39 is 9.07 Å². The van der Waals surface area contributed by atoms with Gasteiger partial charge in [0.15, 0.2) is 5.78 Å². The number of ketones is 1. The summed E-state index contributed by atoms with van der Waals surface area (Å²) >= 11 is 15.0. The van der Waals surface area contributed by atoms with Crippen LogP contribution < -0.4 is 0 Å². The minimum Gasteiger partial charge on any atom is -0.298 e. The van der Waals surface area contributed by atoms with E-state index in [9.17, 15) is 9.00 Å². The van der Waals surface area contributed by atoms with Gasteiger partial charge < -0.3 is 0 Å². The topological polar surface area (TPSA) is 34.1 Å². The first kappa shape index (κ1) is 17.7. The van der Waals surface area contributed by atoms with Crippen molar-refractivity contribution in [3.63, 3.8) is 0 Å². The van der Waals surface area contributed by atoms with Gasteiger partial charge in [0, 0.05) is 26.1 Å². The zero-order valence-corrected chi connectivity index (χ0v) is 15.8. The second-order valence-electron chi connectivity index (χ2n) is 5.26. The van der Waals surface area contributed by atoms with Gasteiger partial charge in [-0.2, -0.15) is 0 Å². The molecular weight excluding hydrogens is 407 g/mol. The second kappa shape index (κ2) is 6.44. The summed E-state index contributed by atoms with van der Waals surface area (Å²) in [6, 6.07) is 13.6. The minimum absolute atomic E-state index is 0.0638. The highest BCUT2D eigenvalue weighted by molar-refractivity contribution is 9.09. The highest BCUT2D eigenvalue weighted by Gasteiger charge is 2.38. The average Bonchev–Trinajstić information content (AvgIpc) is 2.48. The van der Waals surface area contributed by atoms with Gasteiger partial charge in [-0.25, -0.2) is 0 Å². The lowest BCUT2D eigenvalue weighted by molar-refractivity contribution is -0.114. The molecule has 0 bridgehead atoms. The van der Waals surface area contributed by atoms with E-state index in [1.165, 1.54) is 0 Å². The molecule has 0 heterocycles. The first-order chi connectivity index (χ1) is 10.2. The van der Waals surface area contributed by atoms with Gasteiger partial charge in [0.1, 0.15) is 0 Å². The number of carbonyl (C=O) groups excluding carboxylic acids is 1. The molecule has 0 amide bonds. The number of carbonyl (C=O) groups is 1. The zero-order chi connectivity index (χ0) is 16.4. The highest BCUT2D eigenvalue weighted by atomic mass is 79.9. The Morgan fingerprint density at radius 1 is 0.955 bits per heavy atom. The maximum Gasteiger partial charge on any atom is 0.154 e. The maximum absolute atomic E-state index is 14.1. The fourth-order valence-corrected chi connectivity index (χ4v) is 6.20. The molecule has 6 heteroatoms. The predicted octanol–water partition coefficient (Wildman–Crippen LogP) is 4.83. The standard InChI is InChI=1S/C16H15BrCl2O2S/c1-22(21,11-14(20)10-17,15-6-2-12(18)3-7-15)16-8-4-13(19)5-9-16/h2-9H,10-11H2,1H3. The second-order valence-corrected chi connectivity index (χ2v) is 11.0. The summed E-state index contributed by atoms with van der Waals surface area (Å²) in [4.78, 5) is 13.2. The van der Waals surface area contributed by atoms with E-state index >= 15 is 0 Å². The Morgan fingerprint density at radius 2 is 1.32 bits per heavy atom. The number of hydrogen-bond donors (Lipinski definition) is 0. The van der Waals surface area contributed by atoms with E-state index in [1.807, 2.05) is 0 Å². The Kier molecular flexibility index (Phi) is 5.17. The molecule has 0 fully saturated rings. The van der Waals surface area contributed by atoms with Crippen LogP contribution in [0.4, 0.5) is 0 Å². The van der Waals surface area contributed by atoms with Gasteiger partial charge in [-0.3, -0.25) is 9.00 Å². The van der Waals surface area contributed by atoms with Gasteiger partial charge in [0.2, 0.25) is 0 Å². The molecular formula is C16H15BrCl2O2S. The summed E-state index contributed by atoms with van der Waals surface area (Å²) in [5, 5.41) is 1.28. The molecule has 2 aromatic rings. The van der Waals surface area contributed by atoms with Crippen LogP contribution in [0.2, 0.25) is 10.0 Å². The summed E-state index contributed by atoms with van der Waals surface area (Å²) in [5.74, 6) is -0.185. The van der Waals surface area contributed by atoms with Crippen LogP contribution >= 0.6 is 39.1 Å². The van der Waals surface area contributed by atoms with Crippen LogP contribution in [-0.2, 0) is 13.9 Å². The molecule has 0 spiro atoms. The van der Waals surface area contributed by atoms with Crippen molar-refractivity contribution in [1.82, 2.24) is 0 Å². The molecule has 0 saturated heterocycles. The Bertz CT molecular complexity index is 705. The summed E-state index contributed by atoms with van der Waals surface area (Å²) < 4.78 is 14.1. The third-order valence-corrected chi connectivity index (χ3v) is 8.67. The number of benzene rings is 2. The van der Waals surface area contributed by atoms with Crippen molar-refractivity contribution in [2.75, 3.05) is 17.3 Å². The van der Waals surface area contributed by atoms with Crippen molar-refractivity contribution in [2.24, 2.45) is 0 Å². The van der Waals surface area contributed by atoms with E-state index in [4.69, 9.17) is 23.2 Å². The smallest absolute Gasteiger partial charge is 0.154 e. The van der Waals surface area contributed by atoms with Crippen LogP contribution in [0, 0.1) is 0 Å². The number of rotatable bonds is 5. The third-order valence-electron chi connectivity index (χ3n) is 3.52. The van der Waals surface area contributed by atoms with Crippen molar-refractivity contribution in [3.05, 3.63) is 58.6 Å². The largest absolute Gasteiger partial charge is 0.298 e. The highest BCUT2D eigenvalue weighted by Crippen LogP contribution is 2.42. The molecule has 0 aromatic heterocycles. The summed E-state index contributed by atoms with van der Waals surface area (Å²) in [6.45, 7) is 0. The molecule has 0 radical (unpaired) electrons. The van der Waals surface area contributed by atoms with Crippen molar-refractivity contribution in [3.8, 4) is 0 Å². The van der Waals surface area contributed by atoms with Crippen molar-refractivity contribution in [1.29, 1.82) is 0 Å². The Labute approximate surface area is 148 Å². The Hall–Kier alpha value is -0.680. The van der Waals surface area contributed by atoms with Crippen LogP contribution in [0.3, 0.4) is 0 Å². The quantitative estimate of drug-likeness (QED) is 0.648. The molecule has 2 rings (SSSR count). The number of Topliss-reactive ketones (excluding diaryl/α,β-unsaturated/α-hetero) is 1. The molecule has 0 saturated carbocycles. The Morgan fingerprint density at radius 3 is 1.64 bits per heavy atom. The summed E-state index contributed by atoms with van der Waals surface area (Å²) in [6.07, 6.45) is 1.64. The molecule has 2 nitrogen and oxygen atoms in total. The minimum atomic E-state index is -3.57. The summed E-state index contributed by atoms with van der Waals surface area (Å²) in [5.41, 5.74) is 0. The van der Waals surface area contributed by atoms with Crippen LogP contribution in [0.25, 0.3) is 0 Å². The van der Waals surface area contributed by atoms with Crippen LogP contribution in [0.15, 0.2) is 58.3 Å². The summed E-state index contributed by atoms with van der Waals surface area (Å²) in [7, 11) is -3.57. The molecule has 22 heavy (non-hydrogen) atoms. The van der Waals surface area contributed by atoms with Gasteiger partial charge in [-0.15, -0.1) is 0 Å². The molecule has 0 aliphatic rings. The number of hydrogen-bond acceptors (Lipinski definition) is 2. The van der Waals surface area contributed by atoms with E-state index in [-0.39, 0.29) is 16.9 Å². The van der Waals surface area contributed by atoms with Crippen LogP contribution in [0.1, 0.15) is 0 Å². The first-order valence-electron chi connectivity index (χ1n) is 6.47. The van der Waals surface area contributed by atoms with Crippen LogP contribution in [-0.4, -0.2) is 27.3 Å². The normalized spacial score (nSPS) is 13.4. The van der Waals surface area contributed by atoms with Gasteiger partial charge in [-0.1, -0.05) is 39.1 Å². The SMILES string of the molecule is CS(=O)(CC(=O)CBr)(c1ccc(Cl)cc1)c1ccc(Cl)cc1. The van der Waals surface area contributed by atoms with E-state index in [0.717, 1.165) is 0 Å². The lowest BCUT2D eigenvalue weighted by Crippen LogP contribution is -2.39. The molecule has 0 unspecified atom stereocenters. The molecule has 118 valence electrons. The van der Waals surface area contributed by atoms with E-state index in [1.54, 1.807) is 54.8 Å². The predicted molar refractivity (Wildman–Crippen MR) is 97.2 cm³/mol. The molecule has 0 atom stereocenters. The monoisotopic (exact) mass is 420 g/mol. The lowest BCUT2D eigenvalue weighted by Gasteiger charge is -2.38. The van der Waals surface area contributed by atoms with Gasteiger partial charge in [-0.05, 0) is 57.6 Å². The average molecular weight is 422 g/mol. The molecule has 0 aliphatic carbocycles.